The smallest absolute Gasteiger partial charge is 0.270 e. The summed E-state index contributed by atoms with van der Waals surface area (Å²) in [6.45, 7) is 0. The Labute approximate surface area is 136 Å². The number of halogens is 1. The highest BCUT2D eigenvalue weighted by atomic mass is 35.5. The van der Waals surface area contributed by atoms with E-state index in [0.717, 1.165) is 0 Å². The molecule has 0 fully saturated rings. The van der Waals surface area contributed by atoms with Crippen LogP contribution >= 0.6 is 11.6 Å². The third-order valence-electron chi connectivity index (χ3n) is 2.71. The van der Waals surface area contributed by atoms with E-state index in [9.17, 15) is 14.9 Å². The highest BCUT2D eigenvalue weighted by Gasteiger charge is 2.06. The van der Waals surface area contributed by atoms with Crippen LogP contribution in [0.4, 0.5) is 11.4 Å². The number of guanidine groups is 1. The molecule has 1 amide bonds. The molecule has 0 unspecified atom stereocenters. The summed E-state index contributed by atoms with van der Waals surface area (Å²) < 4.78 is 0. The second kappa shape index (κ2) is 7.23. The number of nitro groups is 1. The molecule has 0 atom stereocenters. The van der Waals surface area contributed by atoms with Gasteiger partial charge < -0.3 is 16.4 Å². The number of anilines is 2. The number of amides is 1. The minimum atomic E-state index is -0.900. The van der Waals surface area contributed by atoms with Gasteiger partial charge >= 0.3 is 0 Å². The van der Waals surface area contributed by atoms with Gasteiger partial charge in [0.15, 0.2) is 5.03 Å². The fourth-order valence-corrected chi connectivity index (χ4v) is 1.83. The van der Waals surface area contributed by atoms with Crippen molar-refractivity contribution in [2.45, 2.75) is 0 Å². The molecule has 0 aliphatic carbocycles. The Hall–Kier alpha value is -3.13. The highest BCUT2D eigenvalue weighted by Crippen LogP contribution is 2.15. The molecule has 2 aromatic carbocycles. The number of nitrogens with zero attached hydrogens (tertiary/aromatic N) is 2. The Morgan fingerprint density at radius 3 is 2.09 bits per heavy atom. The van der Waals surface area contributed by atoms with Crippen molar-refractivity contribution in [1.29, 1.82) is 0 Å². The maximum Gasteiger partial charge on any atom is 0.270 e. The van der Waals surface area contributed by atoms with Crippen LogP contribution < -0.4 is 16.4 Å². The van der Waals surface area contributed by atoms with Crippen molar-refractivity contribution in [2.24, 2.45) is 10.8 Å². The van der Waals surface area contributed by atoms with E-state index in [1.54, 1.807) is 48.5 Å². The lowest BCUT2D eigenvalue weighted by Gasteiger charge is -2.07. The van der Waals surface area contributed by atoms with E-state index in [0.29, 0.717) is 22.0 Å². The second-order valence-electron chi connectivity index (χ2n) is 4.39. The van der Waals surface area contributed by atoms with E-state index in [1.807, 2.05) is 0 Å². The first-order valence-electron chi connectivity index (χ1n) is 6.36. The molecule has 23 heavy (non-hydrogen) atoms. The van der Waals surface area contributed by atoms with Crippen LogP contribution in [-0.4, -0.2) is 16.9 Å². The zero-order valence-corrected chi connectivity index (χ0v) is 12.4. The van der Waals surface area contributed by atoms with Crippen LogP contribution in [0.25, 0.3) is 0 Å². The van der Waals surface area contributed by atoms with E-state index < -0.39 is 5.03 Å². The van der Waals surface area contributed by atoms with Crippen molar-refractivity contribution in [1.82, 2.24) is 0 Å². The predicted molar refractivity (Wildman–Crippen MR) is 88.1 cm³/mol. The largest absolute Gasteiger partial charge is 0.364 e. The normalized spacial score (nSPS) is 10.9. The van der Waals surface area contributed by atoms with Crippen molar-refractivity contribution in [3.05, 3.63) is 69.2 Å². The number of carbonyl (C=O) groups is 1. The fourth-order valence-electron chi connectivity index (χ4n) is 1.70. The Bertz CT molecular complexity index is 744. The molecule has 0 radical (unpaired) electrons. The molecule has 0 heterocycles. The van der Waals surface area contributed by atoms with Gasteiger partial charge in [-0.05, 0) is 48.5 Å². The molecule has 0 aliphatic rings. The average Bonchev–Trinajstić information content (AvgIpc) is 2.49. The number of benzene rings is 2. The SMILES string of the molecule is N/C(=N\[N+](=O)[O-])Nc1ccc(NC(=O)c2ccc(Cl)cc2)cc1. The molecule has 0 bridgehead atoms. The van der Waals surface area contributed by atoms with Crippen molar-refractivity contribution in [2.75, 3.05) is 10.6 Å². The predicted octanol–water partition coefficient (Wildman–Crippen LogP) is 2.51. The van der Waals surface area contributed by atoms with E-state index in [1.165, 1.54) is 0 Å². The van der Waals surface area contributed by atoms with Gasteiger partial charge in [-0.25, -0.2) is 10.1 Å². The van der Waals surface area contributed by atoms with Crippen LogP contribution in [-0.2, 0) is 0 Å². The number of hydrogen-bond acceptors (Lipinski definition) is 3. The van der Waals surface area contributed by atoms with Gasteiger partial charge in [-0.15, -0.1) is 0 Å². The topological polar surface area (TPSA) is 123 Å². The first kappa shape index (κ1) is 16.2. The number of nitrogens with one attached hydrogen (secondary N) is 2. The Morgan fingerprint density at radius 2 is 1.57 bits per heavy atom. The molecular weight excluding hydrogens is 322 g/mol. The maximum atomic E-state index is 12.0. The molecule has 0 spiro atoms. The minimum absolute atomic E-state index is 0.281. The molecular formula is C14H12ClN5O3. The Kier molecular flexibility index (Phi) is 5.11. The van der Waals surface area contributed by atoms with E-state index in [4.69, 9.17) is 17.3 Å². The lowest BCUT2D eigenvalue weighted by Crippen LogP contribution is -2.23. The quantitative estimate of drug-likeness (QED) is 0.343. The summed E-state index contributed by atoms with van der Waals surface area (Å²) in [5.74, 6) is -0.621. The van der Waals surface area contributed by atoms with Crippen LogP contribution in [0.15, 0.2) is 53.6 Å². The van der Waals surface area contributed by atoms with Gasteiger partial charge in [-0.2, -0.15) is 0 Å². The van der Waals surface area contributed by atoms with Crippen LogP contribution in [0.1, 0.15) is 10.4 Å². The van der Waals surface area contributed by atoms with Gasteiger partial charge in [0, 0.05) is 22.0 Å². The summed E-state index contributed by atoms with van der Waals surface area (Å²) in [5, 5.41) is 18.0. The Balaban J connectivity index is 2.01. The summed E-state index contributed by atoms with van der Waals surface area (Å²) >= 11 is 5.77. The average molecular weight is 334 g/mol. The van der Waals surface area contributed by atoms with Crippen LogP contribution in [0.5, 0.6) is 0 Å². The summed E-state index contributed by atoms with van der Waals surface area (Å²) in [5.41, 5.74) is 6.86. The zero-order valence-electron chi connectivity index (χ0n) is 11.7. The molecule has 0 aliphatic heterocycles. The van der Waals surface area contributed by atoms with E-state index >= 15 is 0 Å². The monoisotopic (exact) mass is 333 g/mol. The summed E-state index contributed by atoms with van der Waals surface area (Å²) in [6, 6.07) is 12.9. The summed E-state index contributed by atoms with van der Waals surface area (Å²) in [7, 11) is 0. The van der Waals surface area contributed by atoms with Crippen LogP contribution in [0, 0.1) is 10.1 Å². The van der Waals surface area contributed by atoms with Crippen LogP contribution in [0.2, 0.25) is 5.02 Å². The van der Waals surface area contributed by atoms with Crippen molar-refractivity contribution in [3.8, 4) is 0 Å². The molecule has 0 saturated carbocycles. The molecule has 0 saturated heterocycles. The standard InChI is InChI=1S/C14H12ClN5O3/c15-10-3-1-9(2-4-10)13(21)17-11-5-7-12(8-6-11)18-14(16)19-20(22)23/h1-8H,(H,17,21)(H3,16,18,19). The van der Waals surface area contributed by atoms with E-state index in [-0.39, 0.29) is 11.9 Å². The number of carbonyl (C=O) groups excluding carboxylic acids is 1. The molecule has 4 N–H and O–H groups in total. The fraction of sp³-hybridized carbons (Fsp3) is 0. The first-order chi connectivity index (χ1) is 10.9. The lowest BCUT2D eigenvalue weighted by atomic mass is 10.2. The van der Waals surface area contributed by atoms with E-state index in [2.05, 4.69) is 15.7 Å². The Morgan fingerprint density at radius 1 is 1.04 bits per heavy atom. The minimum Gasteiger partial charge on any atom is -0.364 e. The number of rotatable bonds is 4. The van der Waals surface area contributed by atoms with Gasteiger partial charge in [0.25, 0.3) is 11.9 Å². The molecule has 2 rings (SSSR count). The van der Waals surface area contributed by atoms with Gasteiger partial charge in [0.1, 0.15) is 5.10 Å². The molecule has 8 nitrogen and oxygen atoms in total. The molecule has 2 aromatic rings. The number of hydrazone groups is 1. The van der Waals surface area contributed by atoms with Crippen LogP contribution in [0.3, 0.4) is 0 Å². The van der Waals surface area contributed by atoms with Gasteiger partial charge in [-0.3, -0.25) is 4.79 Å². The van der Waals surface area contributed by atoms with Gasteiger partial charge in [-0.1, -0.05) is 11.6 Å². The lowest BCUT2D eigenvalue weighted by molar-refractivity contribution is -0.485. The summed E-state index contributed by atoms with van der Waals surface area (Å²) in [6.07, 6.45) is 0. The third kappa shape index (κ3) is 4.97. The maximum absolute atomic E-state index is 12.0. The van der Waals surface area contributed by atoms with Gasteiger partial charge in [0.05, 0.1) is 0 Å². The number of hydrogen-bond donors (Lipinski definition) is 3. The summed E-state index contributed by atoms with van der Waals surface area (Å²) in [4.78, 5) is 22.2. The van der Waals surface area contributed by atoms with Crippen molar-refractivity contribution >= 4 is 34.8 Å². The molecule has 0 aromatic heterocycles. The zero-order chi connectivity index (χ0) is 16.8. The highest BCUT2D eigenvalue weighted by molar-refractivity contribution is 6.30. The van der Waals surface area contributed by atoms with Crippen molar-refractivity contribution < 1.29 is 9.83 Å². The number of nitrogens with two attached hydrogens (primary N) is 1. The van der Waals surface area contributed by atoms with Gasteiger partial charge in [0.2, 0.25) is 0 Å². The third-order valence-corrected chi connectivity index (χ3v) is 2.96. The first-order valence-corrected chi connectivity index (χ1v) is 6.74. The van der Waals surface area contributed by atoms with Crippen molar-refractivity contribution in [3.63, 3.8) is 0 Å². The molecule has 118 valence electrons. The molecule has 9 heteroatoms. The second-order valence-corrected chi connectivity index (χ2v) is 4.82.